The predicted molar refractivity (Wildman–Crippen MR) is 111 cm³/mol. The maximum absolute atomic E-state index is 13.6. The Morgan fingerprint density at radius 2 is 1.93 bits per heavy atom. The first-order chi connectivity index (χ1) is 12.1. The first kappa shape index (κ1) is 23.4. The van der Waals surface area contributed by atoms with Gasteiger partial charge in [0.15, 0.2) is 0 Å². The van der Waals surface area contributed by atoms with Gasteiger partial charge in [-0.3, -0.25) is 9.69 Å². The van der Waals surface area contributed by atoms with Crippen molar-refractivity contribution in [1.29, 1.82) is 0 Å². The normalized spacial score (nSPS) is 16.4. The number of benzene rings is 2. The van der Waals surface area contributed by atoms with Gasteiger partial charge in [0.25, 0.3) is 0 Å². The summed E-state index contributed by atoms with van der Waals surface area (Å²) in [6, 6.07) is 16.5. The van der Waals surface area contributed by atoms with Crippen LogP contribution in [0.1, 0.15) is 17.2 Å². The Balaban J connectivity index is 0.00000182. The van der Waals surface area contributed by atoms with Crippen LogP contribution in [-0.2, 0) is 11.3 Å². The van der Waals surface area contributed by atoms with E-state index in [0.717, 1.165) is 18.7 Å². The van der Waals surface area contributed by atoms with Gasteiger partial charge in [0.1, 0.15) is 5.82 Å². The predicted octanol–water partition coefficient (Wildman–Crippen LogP) is 3.27. The zero-order chi connectivity index (χ0) is 17.6. The molecule has 1 amide bonds. The highest BCUT2D eigenvalue weighted by molar-refractivity contribution is 5.85. The van der Waals surface area contributed by atoms with Crippen molar-refractivity contribution < 1.29 is 9.18 Å². The Labute approximate surface area is 172 Å². The highest BCUT2D eigenvalue weighted by atomic mass is 35.5. The van der Waals surface area contributed by atoms with Gasteiger partial charge in [-0.15, -0.1) is 24.8 Å². The van der Waals surface area contributed by atoms with Crippen molar-refractivity contribution in [2.24, 2.45) is 0 Å². The third kappa shape index (κ3) is 6.47. The van der Waals surface area contributed by atoms with Crippen molar-refractivity contribution in [3.63, 3.8) is 0 Å². The maximum atomic E-state index is 13.6. The van der Waals surface area contributed by atoms with Crippen LogP contribution < -0.4 is 5.32 Å². The van der Waals surface area contributed by atoms with E-state index < -0.39 is 0 Å². The first-order valence-electron chi connectivity index (χ1n) is 8.61. The number of rotatable bonds is 5. The van der Waals surface area contributed by atoms with E-state index in [4.69, 9.17) is 0 Å². The van der Waals surface area contributed by atoms with Crippen molar-refractivity contribution in [2.75, 3.05) is 33.2 Å². The van der Waals surface area contributed by atoms with Crippen LogP contribution in [-0.4, -0.2) is 48.9 Å². The summed E-state index contributed by atoms with van der Waals surface area (Å²) in [5, 5.41) is 3.30. The molecule has 3 rings (SSSR count). The van der Waals surface area contributed by atoms with E-state index >= 15 is 0 Å². The minimum Gasteiger partial charge on any atom is -0.332 e. The van der Waals surface area contributed by atoms with Crippen LogP contribution in [0, 0.1) is 5.82 Å². The molecule has 0 aliphatic carbocycles. The molecule has 1 aliphatic heterocycles. The highest BCUT2D eigenvalue weighted by Crippen LogP contribution is 2.23. The number of carbonyl (C=O) groups is 1. The van der Waals surface area contributed by atoms with Gasteiger partial charge in [-0.25, -0.2) is 4.39 Å². The molecular weight excluding hydrogens is 388 g/mol. The van der Waals surface area contributed by atoms with Crippen molar-refractivity contribution in [1.82, 2.24) is 15.1 Å². The summed E-state index contributed by atoms with van der Waals surface area (Å²) in [6.07, 6.45) is 0. The summed E-state index contributed by atoms with van der Waals surface area (Å²) in [5.41, 5.74) is 2.02. The molecule has 0 saturated carbocycles. The molecule has 7 heteroatoms. The minimum atomic E-state index is -0.267. The summed E-state index contributed by atoms with van der Waals surface area (Å²) in [4.78, 5) is 16.7. The Hall–Kier alpha value is -1.66. The summed E-state index contributed by atoms with van der Waals surface area (Å²) in [7, 11) is 1.95. The lowest BCUT2D eigenvalue weighted by Crippen LogP contribution is -2.51. The van der Waals surface area contributed by atoms with Crippen LogP contribution in [0.3, 0.4) is 0 Å². The zero-order valence-electron chi connectivity index (χ0n) is 15.3. The van der Waals surface area contributed by atoms with Crippen LogP contribution in [0.25, 0.3) is 0 Å². The third-order valence-electron chi connectivity index (χ3n) is 4.50. The highest BCUT2D eigenvalue weighted by Gasteiger charge is 2.28. The van der Waals surface area contributed by atoms with Gasteiger partial charge in [0.2, 0.25) is 5.91 Å². The average Bonchev–Trinajstić information content (AvgIpc) is 2.62. The molecule has 1 saturated heterocycles. The summed E-state index contributed by atoms with van der Waals surface area (Å²) in [6.45, 7) is 3.13. The number of halogens is 3. The molecule has 1 atom stereocenters. The largest absolute Gasteiger partial charge is 0.332 e. The standard InChI is InChI=1S/C20H24FN3O.2ClH/c1-23(14-16-6-3-2-4-7-16)15-20(25)24-11-10-22-13-19(24)17-8-5-9-18(21)12-17;;/h2-9,12,19,22H,10-11,13-15H2,1H3;2*1H. The van der Waals surface area contributed by atoms with E-state index in [1.807, 2.05) is 41.1 Å². The van der Waals surface area contributed by atoms with Crippen LogP contribution in [0.15, 0.2) is 54.6 Å². The summed E-state index contributed by atoms with van der Waals surface area (Å²) < 4.78 is 13.6. The molecule has 2 aromatic rings. The molecule has 4 nitrogen and oxygen atoms in total. The number of likely N-dealkylation sites (N-methyl/N-ethyl adjacent to an activating group) is 1. The van der Waals surface area contributed by atoms with Crippen molar-refractivity contribution in [3.05, 3.63) is 71.5 Å². The second-order valence-corrected chi connectivity index (χ2v) is 6.52. The van der Waals surface area contributed by atoms with Crippen LogP contribution in [0.5, 0.6) is 0 Å². The van der Waals surface area contributed by atoms with Gasteiger partial charge < -0.3 is 10.2 Å². The van der Waals surface area contributed by atoms with Crippen LogP contribution in [0.4, 0.5) is 4.39 Å². The lowest BCUT2D eigenvalue weighted by Gasteiger charge is -2.37. The summed E-state index contributed by atoms with van der Waals surface area (Å²) >= 11 is 0. The molecule has 1 N–H and O–H groups in total. The van der Waals surface area contributed by atoms with E-state index in [9.17, 15) is 9.18 Å². The molecule has 0 spiro atoms. The van der Waals surface area contributed by atoms with Gasteiger partial charge in [-0.2, -0.15) is 0 Å². The summed E-state index contributed by atoms with van der Waals surface area (Å²) in [5.74, 6) is -0.189. The van der Waals surface area contributed by atoms with Gasteiger partial charge in [0, 0.05) is 26.2 Å². The molecular formula is C20H26Cl2FN3O. The second kappa shape index (κ2) is 11.2. The third-order valence-corrected chi connectivity index (χ3v) is 4.50. The molecule has 0 radical (unpaired) electrons. The Kier molecular flexibility index (Phi) is 9.74. The van der Waals surface area contributed by atoms with Crippen molar-refractivity contribution >= 4 is 30.7 Å². The van der Waals surface area contributed by atoms with E-state index in [-0.39, 0.29) is 42.6 Å². The monoisotopic (exact) mass is 413 g/mol. The van der Waals surface area contributed by atoms with Crippen LogP contribution in [0.2, 0.25) is 0 Å². The molecule has 1 aliphatic rings. The van der Waals surface area contributed by atoms with E-state index in [1.165, 1.54) is 17.7 Å². The molecule has 0 aromatic heterocycles. The quantitative estimate of drug-likeness (QED) is 0.816. The maximum Gasteiger partial charge on any atom is 0.237 e. The molecule has 148 valence electrons. The fourth-order valence-electron chi connectivity index (χ4n) is 3.29. The van der Waals surface area contributed by atoms with E-state index in [1.54, 1.807) is 6.07 Å². The van der Waals surface area contributed by atoms with Crippen molar-refractivity contribution in [2.45, 2.75) is 12.6 Å². The van der Waals surface area contributed by atoms with Crippen molar-refractivity contribution in [3.8, 4) is 0 Å². The van der Waals surface area contributed by atoms with E-state index in [2.05, 4.69) is 17.4 Å². The zero-order valence-corrected chi connectivity index (χ0v) is 16.9. The lowest BCUT2D eigenvalue weighted by molar-refractivity contribution is -0.135. The average molecular weight is 414 g/mol. The minimum absolute atomic E-state index is 0. The number of piperazine rings is 1. The molecule has 1 unspecified atom stereocenters. The van der Waals surface area contributed by atoms with Gasteiger partial charge >= 0.3 is 0 Å². The number of carbonyl (C=O) groups excluding carboxylic acids is 1. The first-order valence-corrected chi connectivity index (χ1v) is 8.61. The Morgan fingerprint density at radius 3 is 2.63 bits per heavy atom. The fraction of sp³-hybridized carbons (Fsp3) is 0.350. The van der Waals surface area contributed by atoms with Gasteiger partial charge in [-0.05, 0) is 30.3 Å². The fourth-order valence-corrected chi connectivity index (χ4v) is 3.29. The number of nitrogens with one attached hydrogen (secondary N) is 1. The molecule has 0 bridgehead atoms. The molecule has 2 aromatic carbocycles. The van der Waals surface area contributed by atoms with E-state index in [0.29, 0.717) is 19.6 Å². The van der Waals surface area contributed by atoms with Gasteiger partial charge in [0.05, 0.1) is 12.6 Å². The number of nitrogens with zero attached hydrogens (tertiary/aromatic N) is 2. The number of amides is 1. The SMILES string of the molecule is CN(CC(=O)N1CCNCC1c1cccc(F)c1)Cc1ccccc1.Cl.Cl. The topological polar surface area (TPSA) is 35.6 Å². The smallest absolute Gasteiger partial charge is 0.237 e. The molecule has 1 fully saturated rings. The second-order valence-electron chi connectivity index (χ2n) is 6.52. The Bertz CT molecular complexity index is 717. The molecule has 27 heavy (non-hydrogen) atoms. The van der Waals surface area contributed by atoms with Crippen LogP contribution >= 0.6 is 24.8 Å². The molecule has 1 heterocycles. The lowest BCUT2D eigenvalue weighted by atomic mass is 10.0. The number of hydrogen-bond donors (Lipinski definition) is 1. The number of hydrogen-bond acceptors (Lipinski definition) is 3. The van der Waals surface area contributed by atoms with Gasteiger partial charge in [-0.1, -0.05) is 42.5 Å². The Morgan fingerprint density at radius 1 is 1.19 bits per heavy atom.